The topological polar surface area (TPSA) is 42.4 Å². The Morgan fingerprint density at radius 1 is 1.50 bits per heavy atom. The highest BCUT2D eigenvalue weighted by atomic mass is 16.5. The summed E-state index contributed by atoms with van der Waals surface area (Å²) in [6.07, 6.45) is 4.11. The molecule has 2 heterocycles. The number of carbonyl (C=O) groups excluding carboxylic acids is 1. The lowest BCUT2D eigenvalue weighted by Crippen LogP contribution is -2.38. The van der Waals surface area contributed by atoms with Crippen LogP contribution < -0.4 is 4.90 Å². The molecule has 18 heavy (non-hydrogen) atoms. The highest BCUT2D eigenvalue weighted by molar-refractivity contribution is 5.98. The molecule has 4 nitrogen and oxygen atoms in total. The number of ether oxygens (including phenoxy) is 1. The molecule has 0 saturated carbocycles. The third kappa shape index (κ3) is 2.88. The van der Waals surface area contributed by atoms with Crippen LogP contribution in [-0.4, -0.2) is 36.6 Å². The van der Waals surface area contributed by atoms with Crippen molar-refractivity contribution in [2.24, 2.45) is 0 Å². The van der Waals surface area contributed by atoms with Gasteiger partial charge in [-0.3, -0.25) is 4.79 Å². The Bertz CT molecular complexity index is 412. The maximum absolute atomic E-state index is 11.6. The van der Waals surface area contributed by atoms with Crippen molar-refractivity contribution in [2.45, 2.75) is 32.8 Å². The van der Waals surface area contributed by atoms with Crippen LogP contribution in [0, 0.1) is 0 Å². The molecule has 1 aliphatic heterocycles. The van der Waals surface area contributed by atoms with Crippen molar-refractivity contribution in [3.05, 3.63) is 23.9 Å². The third-order valence-corrected chi connectivity index (χ3v) is 3.31. The van der Waals surface area contributed by atoms with Crippen molar-refractivity contribution in [3.63, 3.8) is 0 Å². The molecule has 2 rings (SSSR count). The van der Waals surface area contributed by atoms with Crippen LogP contribution >= 0.6 is 0 Å². The molecule has 0 bridgehead atoms. The van der Waals surface area contributed by atoms with E-state index in [0.717, 1.165) is 38.4 Å². The van der Waals surface area contributed by atoms with Gasteiger partial charge in [-0.25, -0.2) is 4.98 Å². The van der Waals surface area contributed by atoms with E-state index in [2.05, 4.69) is 9.88 Å². The third-order valence-electron chi connectivity index (χ3n) is 3.31. The lowest BCUT2D eigenvalue weighted by atomic mass is 10.1. The summed E-state index contributed by atoms with van der Waals surface area (Å²) < 4.78 is 5.63. The Morgan fingerprint density at radius 3 is 2.83 bits per heavy atom. The average molecular weight is 248 g/mol. The van der Waals surface area contributed by atoms with E-state index in [1.54, 1.807) is 13.1 Å². The largest absolute Gasteiger partial charge is 0.378 e. The Kier molecular flexibility index (Phi) is 4.31. The maximum Gasteiger partial charge on any atom is 0.163 e. The fourth-order valence-corrected chi connectivity index (χ4v) is 2.39. The van der Waals surface area contributed by atoms with E-state index in [1.165, 1.54) is 0 Å². The lowest BCUT2D eigenvalue weighted by Gasteiger charge is -2.33. The van der Waals surface area contributed by atoms with Crippen LogP contribution in [0.5, 0.6) is 0 Å². The van der Waals surface area contributed by atoms with Gasteiger partial charge < -0.3 is 9.64 Å². The highest BCUT2D eigenvalue weighted by Gasteiger charge is 2.22. The van der Waals surface area contributed by atoms with Gasteiger partial charge in [0, 0.05) is 25.9 Å². The minimum absolute atomic E-state index is 0.0741. The zero-order chi connectivity index (χ0) is 13.0. The van der Waals surface area contributed by atoms with Gasteiger partial charge in [-0.1, -0.05) is 0 Å². The molecule has 1 fully saturated rings. The molecule has 0 N–H and O–H groups in total. The molecule has 98 valence electrons. The summed E-state index contributed by atoms with van der Waals surface area (Å²) in [5.41, 5.74) is 0.715. The summed E-state index contributed by atoms with van der Waals surface area (Å²) >= 11 is 0. The van der Waals surface area contributed by atoms with Gasteiger partial charge in [0.2, 0.25) is 0 Å². The number of Topliss-reactive ketones (excluding diaryl/α,β-unsaturated/α-hetero) is 1. The van der Waals surface area contributed by atoms with E-state index in [0.29, 0.717) is 11.7 Å². The Morgan fingerprint density at radius 2 is 2.22 bits per heavy atom. The SMILES string of the molecule is CCOC1CCN(c2ncccc2C(C)=O)CC1. The molecule has 1 saturated heterocycles. The van der Waals surface area contributed by atoms with Crippen LogP contribution in [0.1, 0.15) is 37.0 Å². The predicted octanol–water partition coefficient (Wildman–Crippen LogP) is 2.29. The lowest BCUT2D eigenvalue weighted by molar-refractivity contribution is 0.0458. The van der Waals surface area contributed by atoms with E-state index in [-0.39, 0.29) is 5.78 Å². The first-order valence-corrected chi connectivity index (χ1v) is 6.55. The Balaban J connectivity index is 2.07. The van der Waals surface area contributed by atoms with Crippen molar-refractivity contribution in [2.75, 3.05) is 24.6 Å². The number of piperidine rings is 1. The molecule has 1 aliphatic rings. The second kappa shape index (κ2) is 5.96. The van der Waals surface area contributed by atoms with E-state index in [9.17, 15) is 4.79 Å². The minimum atomic E-state index is 0.0741. The summed E-state index contributed by atoms with van der Waals surface area (Å²) in [7, 11) is 0. The summed E-state index contributed by atoms with van der Waals surface area (Å²) in [6.45, 7) is 6.20. The minimum Gasteiger partial charge on any atom is -0.378 e. The van der Waals surface area contributed by atoms with E-state index < -0.39 is 0 Å². The van der Waals surface area contributed by atoms with Crippen molar-refractivity contribution in [1.82, 2.24) is 4.98 Å². The van der Waals surface area contributed by atoms with Crippen molar-refractivity contribution >= 4 is 11.6 Å². The summed E-state index contributed by atoms with van der Waals surface area (Å²) in [5.74, 6) is 0.894. The van der Waals surface area contributed by atoms with E-state index in [1.807, 2.05) is 19.1 Å². The standard InChI is InChI=1S/C14H20N2O2/c1-3-18-12-6-9-16(10-7-12)14-13(11(2)17)5-4-8-15-14/h4-5,8,12H,3,6-7,9-10H2,1-2H3. The Labute approximate surface area is 108 Å². The maximum atomic E-state index is 11.6. The Hall–Kier alpha value is -1.42. The molecular weight excluding hydrogens is 228 g/mol. The second-order valence-corrected chi connectivity index (χ2v) is 4.57. The molecule has 1 aromatic rings. The zero-order valence-electron chi connectivity index (χ0n) is 11.1. The van der Waals surface area contributed by atoms with Crippen molar-refractivity contribution < 1.29 is 9.53 Å². The van der Waals surface area contributed by atoms with Crippen LogP contribution in [0.2, 0.25) is 0 Å². The quantitative estimate of drug-likeness (QED) is 0.767. The monoisotopic (exact) mass is 248 g/mol. The van der Waals surface area contributed by atoms with Gasteiger partial charge in [-0.2, -0.15) is 0 Å². The predicted molar refractivity (Wildman–Crippen MR) is 71.1 cm³/mol. The van der Waals surface area contributed by atoms with Gasteiger partial charge in [0.05, 0.1) is 11.7 Å². The highest BCUT2D eigenvalue weighted by Crippen LogP contribution is 2.23. The average Bonchev–Trinajstić information content (AvgIpc) is 2.40. The fraction of sp³-hybridized carbons (Fsp3) is 0.571. The normalized spacial score (nSPS) is 16.9. The van der Waals surface area contributed by atoms with Crippen LogP contribution in [0.25, 0.3) is 0 Å². The summed E-state index contributed by atoms with van der Waals surface area (Å²) in [6, 6.07) is 3.66. The molecule has 4 heteroatoms. The van der Waals surface area contributed by atoms with Gasteiger partial charge in [0.15, 0.2) is 5.78 Å². The van der Waals surface area contributed by atoms with Gasteiger partial charge >= 0.3 is 0 Å². The van der Waals surface area contributed by atoms with Crippen LogP contribution in [0.3, 0.4) is 0 Å². The molecule has 0 spiro atoms. The van der Waals surface area contributed by atoms with Gasteiger partial charge in [-0.15, -0.1) is 0 Å². The zero-order valence-corrected chi connectivity index (χ0v) is 11.1. The molecule has 0 atom stereocenters. The summed E-state index contributed by atoms with van der Waals surface area (Å²) in [5, 5.41) is 0. The molecule has 0 aromatic carbocycles. The molecule has 0 aliphatic carbocycles. The number of anilines is 1. The van der Waals surface area contributed by atoms with Crippen molar-refractivity contribution in [1.29, 1.82) is 0 Å². The van der Waals surface area contributed by atoms with E-state index in [4.69, 9.17) is 4.74 Å². The smallest absolute Gasteiger partial charge is 0.163 e. The molecule has 0 radical (unpaired) electrons. The number of ketones is 1. The number of hydrogen-bond acceptors (Lipinski definition) is 4. The fourth-order valence-electron chi connectivity index (χ4n) is 2.39. The summed E-state index contributed by atoms with van der Waals surface area (Å²) in [4.78, 5) is 18.1. The second-order valence-electron chi connectivity index (χ2n) is 4.57. The van der Waals surface area contributed by atoms with Crippen molar-refractivity contribution in [3.8, 4) is 0 Å². The molecule has 1 aromatic heterocycles. The first-order chi connectivity index (χ1) is 8.72. The number of carbonyl (C=O) groups is 1. The first kappa shape index (κ1) is 13.0. The molecule has 0 amide bonds. The number of hydrogen-bond donors (Lipinski definition) is 0. The molecule has 0 unspecified atom stereocenters. The molecular formula is C14H20N2O2. The van der Waals surface area contributed by atoms with Gasteiger partial charge in [-0.05, 0) is 38.8 Å². The number of rotatable bonds is 4. The van der Waals surface area contributed by atoms with Gasteiger partial charge in [0.25, 0.3) is 0 Å². The van der Waals surface area contributed by atoms with Crippen LogP contribution in [-0.2, 0) is 4.74 Å². The number of aromatic nitrogens is 1. The first-order valence-electron chi connectivity index (χ1n) is 6.55. The van der Waals surface area contributed by atoms with Crippen LogP contribution in [0.4, 0.5) is 5.82 Å². The number of nitrogens with zero attached hydrogens (tertiary/aromatic N) is 2. The van der Waals surface area contributed by atoms with Gasteiger partial charge in [0.1, 0.15) is 5.82 Å². The van der Waals surface area contributed by atoms with E-state index >= 15 is 0 Å². The number of pyridine rings is 1. The van der Waals surface area contributed by atoms with Crippen LogP contribution in [0.15, 0.2) is 18.3 Å².